The highest BCUT2D eigenvalue weighted by atomic mass is 35.5. The fraction of sp³-hybridized carbons (Fsp3) is 0.381. The number of nitrogens with zero attached hydrogens (tertiary/aromatic N) is 2. The summed E-state index contributed by atoms with van der Waals surface area (Å²) in [4.78, 5) is 17.5. The Kier molecular flexibility index (Phi) is 5.33. The molecule has 1 saturated heterocycles. The zero-order chi connectivity index (χ0) is 19.7. The first-order chi connectivity index (χ1) is 13.5. The number of nitrogens with one attached hydrogen (secondary N) is 1. The Hall–Kier alpha value is -2.44. The standard InChI is InChI=1S/C21H24ClN3O3/c1-3-24-6-8-25(9-7-24)18-5-4-16(10-14(18)2)23-21(26)15-11-17(22)20-19(12-15)27-13-28-20/h4-5,10-12H,3,6-9,13H2,1-2H3,(H,23,26). The Bertz CT molecular complexity index is 895. The van der Waals surface area contributed by atoms with Gasteiger partial charge >= 0.3 is 0 Å². The van der Waals surface area contributed by atoms with Gasteiger partial charge in [-0.1, -0.05) is 18.5 Å². The lowest BCUT2D eigenvalue weighted by atomic mass is 10.1. The number of halogens is 1. The zero-order valence-corrected chi connectivity index (χ0v) is 16.9. The van der Waals surface area contributed by atoms with E-state index in [4.69, 9.17) is 21.1 Å². The van der Waals surface area contributed by atoms with Crippen LogP contribution in [0.25, 0.3) is 0 Å². The van der Waals surface area contributed by atoms with Crippen LogP contribution in [0.3, 0.4) is 0 Å². The number of rotatable bonds is 4. The summed E-state index contributed by atoms with van der Waals surface area (Å²) in [6, 6.07) is 9.28. The molecule has 7 heteroatoms. The second kappa shape index (κ2) is 7.89. The highest BCUT2D eigenvalue weighted by molar-refractivity contribution is 6.32. The molecule has 1 fully saturated rings. The molecular formula is C21H24ClN3O3. The van der Waals surface area contributed by atoms with E-state index in [1.807, 2.05) is 12.1 Å². The van der Waals surface area contributed by atoms with Crippen molar-refractivity contribution in [3.8, 4) is 11.5 Å². The fourth-order valence-electron chi connectivity index (χ4n) is 3.69. The first-order valence-corrected chi connectivity index (χ1v) is 9.91. The second-order valence-corrected chi connectivity index (χ2v) is 7.48. The minimum Gasteiger partial charge on any atom is -0.454 e. The predicted octanol–water partition coefficient (Wildman–Crippen LogP) is 3.77. The lowest BCUT2D eigenvalue weighted by molar-refractivity contribution is 0.102. The lowest BCUT2D eigenvalue weighted by Crippen LogP contribution is -2.46. The number of carbonyl (C=O) groups excluding carboxylic acids is 1. The van der Waals surface area contributed by atoms with Crippen LogP contribution in [-0.4, -0.2) is 50.3 Å². The number of ether oxygens (including phenoxy) is 2. The molecule has 0 radical (unpaired) electrons. The summed E-state index contributed by atoms with van der Waals surface area (Å²) in [5, 5.41) is 3.32. The quantitative estimate of drug-likeness (QED) is 0.845. The van der Waals surface area contributed by atoms with Gasteiger partial charge in [0.25, 0.3) is 5.91 Å². The highest BCUT2D eigenvalue weighted by Crippen LogP contribution is 2.40. The van der Waals surface area contributed by atoms with E-state index >= 15 is 0 Å². The topological polar surface area (TPSA) is 54.0 Å². The van der Waals surface area contributed by atoms with Gasteiger partial charge in [0.05, 0.1) is 5.02 Å². The number of carbonyl (C=O) groups is 1. The van der Waals surface area contributed by atoms with E-state index in [1.165, 1.54) is 5.69 Å². The number of hydrogen-bond donors (Lipinski definition) is 1. The molecule has 2 aliphatic rings. The van der Waals surface area contributed by atoms with Gasteiger partial charge < -0.3 is 24.6 Å². The maximum atomic E-state index is 12.7. The second-order valence-electron chi connectivity index (χ2n) is 7.07. The van der Waals surface area contributed by atoms with Crippen molar-refractivity contribution in [1.82, 2.24) is 4.90 Å². The maximum absolute atomic E-state index is 12.7. The van der Waals surface area contributed by atoms with Crippen molar-refractivity contribution >= 4 is 28.9 Å². The van der Waals surface area contributed by atoms with Crippen molar-refractivity contribution in [2.24, 2.45) is 0 Å². The van der Waals surface area contributed by atoms with Gasteiger partial charge in [0, 0.05) is 43.1 Å². The van der Waals surface area contributed by atoms with Crippen molar-refractivity contribution < 1.29 is 14.3 Å². The smallest absolute Gasteiger partial charge is 0.255 e. The van der Waals surface area contributed by atoms with Gasteiger partial charge in [-0.2, -0.15) is 0 Å². The van der Waals surface area contributed by atoms with Gasteiger partial charge in [-0.05, 0) is 49.4 Å². The predicted molar refractivity (Wildman–Crippen MR) is 111 cm³/mol. The van der Waals surface area contributed by atoms with E-state index in [2.05, 4.69) is 35.0 Å². The monoisotopic (exact) mass is 401 g/mol. The molecule has 0 saturated carbocycles. The number of aryl methyl sites for hydroxylation is 1. The summed E-state index contributed by atoms with van der Waals surface area (Å²) in [6.07, 6.45) is 0. The largest absolute Gasteiger partial charge is 0.454 e. The Morgan fingerprint density at radius 2 is 1.93 bits per heavy atom. The molecule has 0 bridgehead atoms. The third-order valence-corrected chi connectivity index (χ3v) is 5.59. The van der Waals surface area contributed by atoms with Crippen LogP contribution in [0.1, 0.15) is 22.8 Å². The molecule has 28 heavy (non-hydrogen) atoms. The van der Waals surface area contributed by atoms with Gasteiger partial charge in [0.15, 0.2) is 11.5 Å². The van der Waals surface area contributed by atoms with Crippen LogP contribution >= 0.6 is 11.6 Å². The number of piperazine rings is 1. The van der Waals surface area contributed by atoms with Crippen LogP contribution in [0.15, 0.2) is 30.3 Å². The Morgan fingerprint density at radius 3 is 2.64 bits per heavy atom. The first-order valence-electron chi connectivity index (χ1n) is 9.53. The SMILES string of the molecule is CCN1CCN(c2ccc(NC(=O)c3cc(Cl)c4c(c3)OCO4)cc2C)CC1. The fourth-order valence-corrected chi connectivity index (χ4v) is 3.96. The number of amides is 1. The van der Waals surface area contributed by atoms with E-state index in [0.29, 0.717) is 22.1 Å². The molecule has 0 aliphatic carbocycles. The average Bonchev–Trinajstić information content (AvgIpc) is 3.17. The van der Waals surface area contributed by atoms with Crippen LogP contribution in [0.5, 0.6) is 11.5 Å². The molecule has 2 aromatic carbocycles. The maximum Gasteiger partial charge on any atom is 0.255 e. The van der Waals surface area contributed by atoms with E-state index in [1.54, 1.807) is 12.1 Å². The van der Waals surface area contributed by atoms with E-state index in [-0.39, 0.29) is 12.7 Å². The minimum absolute atomic E-state index is 0.118. The molecule has 0 aromatic heterocycles. The van der Waals surface area contributed by atoms with Crippen LogP contribution in [0.4, 0.5) is 11.4 Å². The molecule has 6 nitrogen and oxygen atoms in total. The molecule has 1 N–H and O–H groups in total. The van der Waals surface area contributed by atoms with E-state index < -0.39 is 0 Å². The van der Waals surface area contributed by atoms with Crippen molar-refractivity contribution in [1.29, 1.82) is 0 Å². The number of likely N-dealkylation sites (N-methyl/N-ethyl adjacent to an activating group) is 1. The summed E-state index contributed by atoms with van der Waals surface area (Å²) >= 11 is 6.18. The van der Waals surface area contributed by atoms with Crippen LogP contribution in [0.2, 0.25) is 5.02 Å². The van der Waals surface area contributed by atoms with Crippen molar-refractivity contribution in [3.05, 3.63) is 46.5 Å². The highest BCUT2D eigenvalue weighted by Gasteiger charge is 2.21. The molecule has 0 spiro atoms. The third kappa shape index (κ3) is 3.75. The molecule has 0 atom stereocenters. The molecule has 2 heterocycles. The number of fused-ring (bicyclic) bond motifs is 1. The van der Waals surface area contributed by atoms with Crippen molar-refractivity contribution in [3.63, 3.8) is 0 Å². The molecule has 0 unspecified atom stereocenters. The van der Waals surface area contributed by atoms with Crippen LogP contribution in [0, 0.1) is 6.92 Å². The summed E-state index contributed by atoms with van der Waals surface area (Å²) in [6.45, 7) is 9.71. The molecule has 148 valence electrons. The van der Waals surface area contributed by atoms with Gasteiger partial charge in [0.1, 0.15) is 0 Å². The molecular weight excluding hydrogens is 378 g/mol. The molecule has 2 aliphatic heterocycles. The van der Waals surface area contributed by atoms with Crippen LogP contribution in [-0.2, 0) is 0 Å². The van der Waals surface area contributed by atoms with Gasteiger partial charge in [-0.3, -0.25) is 4.79 Å². The molecule has 4 rings (SSSR count). The molecule has 1 amide bonds. The number of benzene rings is 2. The number of anilines is 2. The van der Waals surface area contributed by atoms with E-state index in [9.17, 15) is 4.79 Å². The summed E-state index contributed by atoms with van der Waals surface area (Å²) in [5.41, 5.74) is 3.56. The van der Waals surface area contributed by atoms with Crippen molar-refractivity contribution in [2.45, 2.75) is 13.8 Å². The van der Waals surface area contributed by atoms with Crippen molar-refractivity contribution in [2.75, 3.05) is 49.7 Å². The van der Waals surface area contributed by atoms with E-state index in [0.717, 1.165) is 44.0 Å². The lowest BCUT2D eigenvalue weighted by Gasteiger charge is -2.36. The Balaban J connectivity index is 1.46. The third-order valence-electron chi connectivity index (χ3n) is 5.30. The average molecular weight is 402 g/mol. The Morgan fingerprint density at radius 1 is 1.14 bits per heavy atom. The Labute approximate surface area is 170 Å². The van der Waals surface area contributed by atoms with Gasteiger partial charge in [-0.15, -0.1) is 0 Å². The van der Waals surface area contributed by atoms with Gasteiger partial charge in [-0.25, -0.2) is 0 Å². The normalized spacial score (nSPS) is 16.3. The van der Waals surface area contributed by atoms with Gasteiger partial charge in [0.2, 0.25) is 6.79 Å². The summed E-state index contributed by atoms with van der Waals surface area (Å²) in [7, 11) is 0. The molecule has 2 aromatic rings. The minimum atomic E-state index is -0.232. The zero-order valence-electron chi connectivity index (χ0n) is 16.1. The van der Waals surface area contributed by atoms with Crippen LogP contribution < -0.4 is 19.7 Å². The first kappa shape index (κ1) is 18.9. The summed E-state index contributed by atoms with van der Waals surface area (Å²) < 4.78 is 10.6. The number of hydrogen-bond acceptors (Lipinski definition) is 5. The summed E-state index contributed by atoms with van der Waals surface area (Å²) in [5.74, 6) is 0.751.